The van der Waals surface area contributed by atoms with Gasteiger partial charge < -0.3 is 14.5 Å². The van der Waals surface area contributed by atoms with E-state index in [2.05, 4.69) is 9.64 Å². The van der Waals surface area contributed by atoms with Crippen LogP contribution in [0.3, 0.4) is 0 Å². The third kappa shape index (κ3) is 6.16. The van der Waals surface area contributed by atoms with Crippen molar-refractivity contribution in [2.45, 2.75) is 43.9 Å². The first-order valence-corrected chi connectivity index (χ1v) is 12.7. The molecule has 0 spiro atoms. The first-order chi connectivity index (χ1) is 16.4. The van der Waals surface area contributed by atoms with Crippen molar-refractivity contribution >= 4 is 40.0 Å². The molecule has 1 aliphatic heterocycles. The fraction of sp³-hybridized carbons (Fsp3) is 0.417. The lowest BCUT2D eigenvalue weighted by atomic mass is 10.0. The molecular weight excluding hydrogens is 505 g/mol. The Hall–Kier alpha value is -2.59. The number of benzene rings is 2. The van der Waals surface area contributed by atoms with Gasteiger partial charge in [0, 0.05) is 41.4 Å². The standard InChI is InChI=1S/C24H26ClF3N2O4S/c1-4-34-22(31)14-35(33)21-9-8-17(12-20(21)24(26,27)28)23(32)30-11-10-29(15(2)16(30)3)19-7-5-6-18(25)13-19/h5-9,12-13,15-16H,4,10-11,14H2,1-3H3/t15-,16-,35?/m0/s1. The largest absolute Gasteiger partial charge is 0.465 e. The van der Waals surface area contributed by atoms with Gasteiger partial charge in [-0.1, -0.05) is 17.7 Å². The molecule has 1 amide bonds. The van der Waals surface area contributed by atoms with E-state index in [9.17, 15) is 27.0 Å². The van der Waals surface area contributed by atoms with E-state index in [1.807, 2.05) is 32.0 Å². The van der Waals surface area contributed by atoms with Crippen LogP contribution >= 0.6 is 11.6 Å². The highest BCUT2D eigenvalue weighted by Gasteiger charge is 2.38. The highest BCUT2D eigenvalue weighted by atomic mass is 35.5. The molecule has 3 rings (SSSR count). The highest BCUT2D eigenvalue weighted by molar-refractivity contribution is 7.85. The second-order valence-electron chi connectivity index (χ2n) is 8.16. The quantitative estimate of drug-likeness (QED) is 0.503. The number of hydrogen-bond donors (Lipinski definition) is 0. The Kier molecular flexibility index (Phi) is 8.48. The number of rotatable bonds is 6. The maximum atomic E-state index is 13.8. The SMILES string of the molecule is CCOC(=O)CS(=O)c1ccc(C(=O)N2CCN(c3cccc(Cl)c3)[C@@H](C)[C@@H]2C)cc1C(F)(F)F. The van der Waals surface area contributed by atoms with Crippen LogP contribution in [0.4, 0.5) is 18.9 Å². The number of carbonyl (C=O) groups is 2. The average molecular weight is 531 g/mol. The average Bonchev–Trinajstić information content (AvgIpc) is 2.79. The summed E-state index contributed by atoms with van der Waals surface area (Å²) in [4.78, 5) is 27.9. The van der Waals surface area contributed by atoms with Crippen LogP contribution in [-0.4, -0.2) is 58.5 Å². The van der Waals surface area contributed by atoms with E-state index in [1.54, 1.807) is 13.0 Å². The molecule has 3 atom stereocenters. The molecule has 0 aromatic heterocycles. The minimum atomic E-state index is -4.86. The van der Waals surface area contributed by atoms with E-state index in [0.29, 0.717) is 24.2 Å². The van der Waals surface area contributed by atoms with Gasteiger partial charge in [0.15, 0.2) is 0 Å². The van der Waals surface area contributed by atoms with Crippen LogP contribution in [0, 0.1) is 0 Å². The highest BCUT2D eigenvalue weighted by Crippen LogP contribution is 2.35. The lowest BCUT2D eigenvalue weighted by Crippen LogP contribution is -2.59. The topological polar surface area (TPSA) is 66.9 Å². The summed E-state index contributed by atoms with van der Waals surface area (Å²) in [6.45, 7) is 6.12. The van der Waals surface area contributed by atoms with E-state index in [0.717, 1.165) is 11.8 Å². The normalized spacial score (nSPS) is 19.4. The number of esters is 1. The predicted octanol–water partition coefficient (Wildman–Crippen LogP) is 4.77. The van der Waals surface area contributed by atoms with Crippen LogP contribution in [0.1, 0.15) is 36.7 Å². The van der Waals surface area contributed by atoms with Gasteiger partial charge in [-0.3, -0.25) is 13.8 Å². The monoisotopic (exact) mass is 530 g/mol. The number of alkyl halides is 3. The summed E-state index contributed by atoms with van der Waals surface area (Å²) in [7, 11) is -2.28. The maximum absolute atomic E-state index is 13.8. The van der Waals surface area contributed by atoms with Gasteiger partial charge in [0.2, 0.25) is 0 Å². The van der Waals surface area contributed by atoms with Crippen LogP contribution < -0.4 is 4.90 Å². The molecule has 11 heteroatoms. The van der Waals surface area contributed by atoms with Gasteiger partial charge in [-0.25, -0.2) is 0 Å². The molecule has 0 saturated carbocycles. The smallest absolute Gasteiger partial charge is 0.417 e. The fourth-order valence-electron chi connectivity index (χ4n) is 4.09. The number of nitrogens with zero attached hydrogens (tertiary/aromatic N) is 2. The number of ether oxygens (including phenoxy) is 1. The van der Waals surface area contributed by atoms with Gasteiger partial charge in [0.25, 0.3) is 5.91 Å². The van der Waals surface area contributed by atoms with Crippen molar-refractivity contribution < 1.29 is 31.7 Å². The molecule has 1 unspecified atom stereocenters. The predicted molar refractivity (Wildman–Crippen MR) is 128 cm³/mol. The van der Waals surface area contributed by atoms with Crippen LogP contribution in [0.5, 0.6) is 0 Å². The minimum absolute atomic E-state index is 0.0246. The third-order valence-corrected chi connectivity index (χ3v) is 7.57. The summed E-state index contributed by atoms with van der Waals surface area (Å²) in [6, 6.07) is 9.84. The molecule has 0 bridgehead atoms. The molecule has 1 heterocycles. The molecule has 35 heavy (non-hydrogen) atoms. The second kappa shape index (κ2) is 11.0. The van der Waals surface area contributed by atoms with Crippen LogP contribution in [0.15, 0.2) is 47.4 Å². The van der Waals surface area contributed by atoms with E-state index < -0.39 is 45.1 Å². The second-order valence-corrected chi connectivity index (χ2v) is 10.0. The number of piperazine rings is 1. The Morgan fingerprint density at radius 3 is 2.46 bits per heavy atom. The Balaban J connectivity index is 1.85. The molecule has 6 nitrogen and oxygen atoms in total. The van der Waals surface area contributed by atoms with E-state index in [4.69, 9.17) is 11.6 Å². The van der Waals surface area contributed by atoms with Gasteiger partial charge in [0.1, 0.15) is 5.75 Å². The first kappa shape index (κ1) is 27.0. The molecule has 1 saturated heterocycles. The van der Waals surface area contributed by atoms with Gasteiger partial charge in [-0.05, 0) is 57.2 Å². The third-order valence-electron chi connectivity index (χ3n) is 6.00. The summed E-state index contributed by atoms with van der Waals surface area (Å²) in [6.07, 6.45) is -4.86. The molecule has 1 fully saturated rings. The van der Waals surface area contributed by atoms with Gasteiger partial charge in [0.05, 0.1) is 27.9 Å². The van der Waals surface area contributed by atoms with Crippen LogP contribution in [0.2, 0.25) is 5.02 Å². The number of anilines is 1. The van der Waals surface area contributed by atoms with E-state index in [1.165, 1.54) is 11.0 Å². The van der Waals surface area contributed by atoms with Crippen molar-refractivity contribution in [2.24, 2.45) is 0 Å². The lowest BCUT2D eigenvalue weighted by Gasteiger charge is -2.46. The first-order valence-electron chi connectivity index (χ1n) is 11.0. The Bertz CT molecular complexity index is 1130. The number of amides is 1. The molecule has 0 radical (unpaired) electrons. The van der Waals surface area contributed by atoms with Crippen LogP contribution in [0.25, 0.3) is 0 Å². The summed E-state index contributed by atoms with van der Waals surface area (Å²) in [5.74, 6) is -2.12. The Labute approximate surface area is 209 Å². The van der Waals surface area contributed by atoms with Crippen molar-refractivity contribution in [3.8, 4) is 0 Å². The zero-order chi connectivity index (χ0) is 25.9. The molecule has 0 N–H and O–H groups in total. The van der Waals surface area contributed by atoms with E-state index >= 15 is 0 Å². The summed E-state index contributed by atoms with van der Waals surface area (Å²) < 4.78 is 58.5. The zero-order valence-corrected chi connectivity index (χ0v) is 21.0. The minimum Gasteiger partial charge on any atom is -0.465 e. The fourth-order valence-corrected chi connectivity index (χ4v) is 5.36. The van der Waals surface area contributed by atoms with Crippen LogP contribution in [-0.2, 0) is 26.5 Å². The molecule has 190 valence electrons. The summed E-state index contributed by atoms with van der Waals surface area (Å²) in [5.41, 5.74) is -0.467. The molecule has 2 aromatic carbocycles. The van der Waals surface area contributed by atoms with E-state index in [-0.39, 0.29) is 24.3 Å². The maximum Gasteiger partial charge on any atom is 0.417 e. The van der Waals surface area contributed by atoms with Gasteiger partial charge in [-0.2, -0.15) is 13.2 Å². The summed E-state index contributed by atoms with van der Waals surface area (Å²) in [5, 5.41) is 0.584. The number of hydrogen-bond acceptors (Lipinski definition) is 5. The van der Waals surface area contributed by atoms with Gasteiger partial charge in [-0.15, -0.1) is 0 Å². The lowest BCUT2D eigenvalue weighted by molar-refractivity contribution is -0.141. The Morgan fingerprint density at radius 2 is 1.83 bits per heavy atom. The molecule has 1 aliphatic rings. The zero-order valence-electron chi connectivity index (χ0n) is 19.5. The van der Waals surface area contributed by atoms with Gasteiger partial charge >= 0.3 is 12.1 Å². The number of carbonyl (C=O) groups excluding carboxylic acids is 2. The van der Waals surface area contributed by atoms with Crippen molar-refractivity contribution in [3.05, 3.63) is 58.6 Å². The van der Waals surface area contributed by atoms with Crippen molar-refractivity contribution in [2.75, 3.05) is 30.3 Å². The summed E-state index contributed by atoms with van der Waals surface area (Å²) >= 11 is 6.11. The van der Waals surface area contributed by atoms with Crippen molar-refractivity contribution in [1.29, 1.82) is 0 Å². The number of halogens is 4. The van der Waals surface area contributed by atoms with Crippen molar-refractivity contribution in [1.82, 2.24) is 4.90 Å². The molecular formula is C24H26ClF3N2O4S. The van der Waals surface area contributed by atoms with Crippen molar-refractivity contribution in [3.63, 3.8) is 0 Å². The Morgan fingerprint density at radius 1 is 1.11 bits per heavy atom. The molecule has 0 aliphatic carbocycles. The molecule has 2 aromatic rings.